The van der Waals surface area contributed by atoms with Crippen molar-refractivity contribution >= 4 is 23.6 Å². The van der Waals surface area contributed by atoms with E-state index in [0.29, 0.717) is 17.0 Å². The smallest absolute Gasteiger partial charge is 0.262 e. The van der Waals surface area contributed by atoms with E-state index in [1.807, 2.05) is 6.07 Å². The van der Waals surface area contributed by atoms with Gasteiger partial charge in [-0.3, -0.25) is 9.59 Å². The topological polar surface area (TPSA) is 95.1 Å². The first-order chi connectivity index (χ1) is 11.1. The molecule has 0 unspecified atom stereocenters. The summed E-state index contributed by atoms with van der Waals surface area (Å²) < 4.78 is 5.11. The van der Waals surface area contributed by atoms with Crippen LogP contribution in [0.1, 0.15) is 18.2 Å². The molecule has 2 amide bonds. The Hall–Kier alpha value is -3.33. The molecule has 0 saturated heterocycles. The Morgan fingerprint density at radius 3 is 2.57 bits per heavy atom. The summed E-state index contributed by atoms with van der Waals surface area (Å²) in [5, 5.41) is 14.4. The molecule has 0 saturated carbocycles. The molecule has 2 rings (SSSR count). The molecule has 0 atom stereocenters. The number of furan rings is 1. The van der Waals surface area contributed by atoms with Crippen LogP contribution < -0.4 is 10.6 Å². The molecule has 2 aromatic rings. The van der Waals surface area contributed by atoms with Crippen LogP contribution in [0, 0.1) is 11.3 Å². The third-order valence-electron chi connectivity index (χ3n) is 2.91. The standard InChI is InChI=1S/C17H15N3O3/c1-12(21)20-15-6-4-13(5-7-15)9-14(10-18)17(22)19-11-16-3-2-8-23-16/h2-9H,11H2,1H3,(H,19,22)(H,20,21)/b14-9+. The van der Waals surface area contributed by atoms with Crippen LogP contribution in [0.25, 0.3) is 6.08 Å². The zero-order chi connectivity index (χ0) is 16.7. The Kier molecular flexibility index (Phi) is 5.31. The third-order valence-corrected chi connectivity index (χ3v) is 2.91. The maximum atomic E-state index is 12.0. The molecule has 0 bridgehead atoms. The Morgan fingerprint density at radius 2 is 2.00 bits per heavy atom. The van der Waals surface area contributed by atoms with Gasteiger partial charge in [0, 0.05) is 12.6 Å². The monoisotopic (exact) mass is 309 g/mol. The van der Waals surface area contributed by atoms with Gasteiger partial charge in [0.15, 0.2) is 0 Å². The van der Waals surface area contributed by atoms with Crippen LogP contribution in [0.15, 0.2) is 52.7 Å². The van der Waals surface area contributed by atoms with E-state index in [0.717, 1.165) is 0 Å². The van der Waals surface area contributed by atoms with E-state index in [1.54, 1.807) is 36.4 Å². The summed E-state index contributed by atoms with van der Waals surface area (Å²) in [6.45, 7) is 1.64. The van der Waals surface area contributed by atoms with E-state index < -0.39 is 5.91 Å². The molecule has 0 aliphatic rings. The number of hydrogen-bond acceptors (Lipinski definition) is 4. The van der Waals surface area contributed by atoms with Gasteiger partial charge in [-0.05, 0) is 35.9 Å². The van der Waals surface area contributed by atoms with E-state index >= 15 is 0 Å². The molecule has 2 N–H and O–H groups in total. The molecular weight excluding hydrogens is 294 g/mol. The molecule has 1 heterocycles. The van der Waals surface area contributed by atoms with Crippen molar-refractivity contribution in [1.82, 2.24) is 5.32 Å². The molecule has 1 aromatic carbocycles. The lowest BCUT2D eigenvalue weighted by Gasteiger charge is -2.04. The lowest BCUT2D eigenvalue weighted by Crippen LogP contribution is -2.23. The largest absolute Gasteiger partial charge is 0.467 e. The summed E-state index contributed by atoms with van der Waals surface area (Å²) in [6.07, 6.45) is 2.99. The van der Waals surface area contributed by atoms with Crippen LogP contribution >= 0.6 is 0 Å². The van der Waals surface area contributed by atoms with Gasteiger partial charge in [-0.2, -0.15) is 5.26 Å². The molecular formula is C17H15N3O3. The lowest BCUT2D eigenvalue weighted by atomic mass is 10.1. The molecule has 6 heteroatoms. The van der Waals surface area contributed by atoms with Crippen molar-refractivity contribution in [3.8, 4) is 6.07 Å². The SMILES string of the molecule is CC(=O)Nc1ccc(/C=C(\C#N)C(=O)NCc2ccco2)cc1. The van der Waals surface area contributed by atoms with Gasteiger partial charge < -0.3 is 15.1 Å². The number of rotatable bonds is 5. The van der Waals surface area contributed by atoms with Crippen LogP contribution in [0.5, 0.6) is 0 Å². The number of carbonyl (C=O) groups is 2. The number of carbonyl (C=O) groups excluding carboxylic acids is 2. The predicted octanol–water partition coefficient (Wildman–Crippen LogP) is 2.46. The lowest BCUT2D eigenvalue weighted by molar-refractivity contribution is -0.117. The van der Waals surface area contributed by atoms with Crippen molar-refractivity contribution in [2.24, 2.45) is 0 Å². The summed E-state index contributed by atoms with van der Waals surface area (Å²) in [6, 6.07) is 12.1. The van der Waals surface area contributed by atoms with Gasteiger partial charge in [0.25, 0.3) is 5.91 Å². The molecule has 0 aliphatic heterocycles. The first kappa shape index (κ1) is 16.0. The van der Waals surface area contributed by atoms with Crippen LogP contribution in [0.4, 0.5) is 5.69 Å². The highest BCUT2D eigenvalue weighted by atomic mass is 16.3. The predicted molar refractivity (Wildman–Crippen MR) is 84.9 cm³/mol. The van der Waals surface area contributed by atoms with E-state index in [9.17, 15) is 9.59 Å². The first-order valence-electron chi connectivity index (χ1n) is 6.88. The Bertz CT molecular complexity index is 753. The summed E-state index contributed by atoms with van der Waals surface area (Å²) in [5.41, 5.74) is 1.32. The van der Waals surface area contributed by atoms with Crippen molar-refractivity contribution in [3.63, 3.8) is 0 Å². The number of benzene rings is 1. The molecule has 0 spiro atoms. The minimum absolute atomic E-state index is 0.0103. The first-order valence-corrected chi connectivity index (χ1v) is 6.88. The van der Waals surface area contributed by atoms with Crippen molar-refractivity contribution in [3.05, 3.63) is 59.6 Å². The zero-order valence-corrected chi connectivity index (χ0v) is 12.5. The van der Waals surface area contributed by atoms with E-state index in [4.69, 9.17) is 9.68 Å². The third kappa shape index (κ3) is 4.86. The Labute approximate surface area is 133 Å². The van der Waals surface area contributed by atoms with Gasteiger partial charge in [-0.1, -0.05) is 12.1 Å². The highest BCUT2D eigenvalue weighted by Crippen LogP contribution is 2.13. The highest BCUT2D eigenvalue weighted by Gasteiger charge is 2.09. The number of hydrogen-bond donors (Lipinski definition) is 2. The highest BCUT2D eigenvalue weighted by molar-refractivity contribution is 6.01. The quantitative estimate of drug-likeness (QED) is 0.655. The molecule has 0 radical (unpaired) electrons. The van der Waals surface area contributed by atoms with Crippen molar-refractivity contribution in [1.29, 1.82) is 5.26 Å². The average Bonchev–Trinajstić information content (AvgIpc) is 3.04. The van der Waals surface area contributed by atoms with Gasteiger partial charge in [0.2, 0.25) is 5.91 Å². The minimum atomic E-state index is -0.477. The summed E-state index contributed by atoms with van der Waals surface area (Å²) >= 11 is 0. The van der Waals surface area contributed by atoms with Gasteiger partial charge in [0.05, 0.1) is 12.8 Å². The van der Waals surface area contributed by atoms with E-state index in [2.05, 4.69) is 10.6 Å². The van der Waals surface area contributed by atoms with Crippen LogP contribution in [-0.2, 0) is 16.1 Å². The fourth-order valence-corrected chi connectivity index (χ4v) is 1.86. The van der Waals surface area contributed by atoms with E-state index in [-0.39, 0.29) is 18.0 Å². The molecule has 23 heavy (non-hydrogen) atoms. The van der Waals surface area contributed by atoms with Crippen molar-refractivity contribution in [2.45, 2.75) is 13.5 Å². The fraction of sp³-hybridized carbons (Fsp3) is 0.118. The minimum Gasteiger partial charge on any atom is -0.467 e. The number of nitrogens with zero attached hydrogens (tertiary/aromatic N) is 1. The second kappa shape index (κ2) is 7.61. The summed E-state index contributed by atoms with van der Waals surface area (Å²) in [7, 11) is 0. The van der Waals surface area contributed by atoms with Gasteiger partial charge in [-0.25, -0.2) is 0 Å². The fourth-order valence-electron chi connectivity index (χ4n) is 1.86. The number of nitrogens with one attached hydrogen (secondary N) is 2. The summed E-state index contributed by atoms with van der Waals surface area (Å²) in [4.78, 5) is 22.9. The second-order valence-corrected chi connectivity index (χ2v) is 4.74. The van der Waals surface area contributed by atoms with Crippen LogP contribution in [0.3, 0.4) is 0 Å². The van der Waals surface area contributed by atoms with Gasteiger partial charge >= 0.3 is 0 Å². The van der Waals surface area contributed by atoms with Crippen molar-refractivity contribution in [2.75, 3.05) is 5.32 Å². The molecule has 6 nitrogen and oxygen atoms in total. The maximum absolute atomic E-state index is 12.0. The maximum Gasteiger partial charge on any atom is 0.262 e. The molecule has 116 valence electrons. The molecule has 0 fully saturated rings. The number of amides is 2. The number of nitriles is 1. The van der Waals surface area contributed by atoms with Crippen molar-refractivity contribution < 1.29 is 14.0 Å². The van der Waals surface area contributed by atoms with Gasteiger partial charge in [-0.15, -0.1) is 0 Å². The van der Waals surface area contributed by atoms with Crippen LogP contribution in [0.2, 0.25) is 0 Å². The Morgan fingerprint density at radius 1 is 1.26 bits per heavy atom. The number of anilines is 1. The zero-order valence-electron chi connectivity index (χ0n) is 12.5. The summed E-state index contributed by atoms with van der Waals surface area (Å²) in [5.74, 6) is -0.0338. The molecule has 0 aliphatic carbocycles. The van der Waals surface area contributed by atoms with E-state index in [1.165, 1.54) is 19.3 Å². The average molecular weight is 309 g/mol. The second-order valence-electron chi connectivity index (χ2n) is 4.74. The van der Waals surface area contributed by atoms with Gasteiger partial charge in [0.1, 0.15) is 17.4 Å². The normalized spacial score (nSPS) is 10.7. The molecule has 1 aromatic heterocycles. The Balaban J connectivity index is 2.04. The van der Waals surface area contributed by atoms with Crippen LogP contribution in [-0.4, -0.2) is 11.8 Å².